The minimum absolute atomic E-state index is 0.0513. The molecule has 0 bridgehead atoms. The number of halogens is 1. The maximum absolute atomic E-state index is 12.3. The predicted molar refractivity (Wildman–Crippen MR) is 89.1 cm³/mol. The van der Waals surface area contributed by atoms with Gasteiger partial charge in [-0.2, -0.15) is 0 Å². The van der Waals surface area contributed by atoms with Crippen molar-refractivity contribution in [3.63, 3.8) is 0 Å². The molecule has 0 fully saturated rings. The summed E-state index contributed by atoms with van der Waals surface area (Å²) in [5, 5.41) is 7.67. The van der Waals surface area contributed by atoms with Crippen LogP contribution < -0.4 is 16.2 Å². The van der Waals surface area contributed by atoms with E-state index in [9.17, 15) is 4.79 Å². The van der Waals surface area contributed by atoms with Crippen molar-refractivity contribution < 1.29 is 0 Å². The molecule has 0 saturated heterocycles. The summed E-state index contributed by atoms with van der Waals surface area (Å²) < 4.78 is 1.55. The molecule has 22 heavy (non-hydrogen) atoms. The van der Waals surface area contributed by atoms with Crippen molar-refractivity contribution in [1.82, 2.24) is 14.9 Å². The highest BCUT2D eigenvalue weighted by Crippen LogP contribution is 2.12. The second kappa shape index (κ2) is 6.60. The number of nitrogens with zero attached hydrogens (tertiary/aromatic N) is 2. The Morgan fingerprint density at radius 3 is 2.68 bits per heavy atom. The molecular formula is C16H15ClN4O. The highest BCUT2D eigenvalue weighted by Gasteiger charge is 2.02. The van der Waals surface area contributed by atoms with E-state index in [1.54, 1.807) is 17.0 Å². The van der Waals surface area contributed by atoms with Gasteiger partial charge < -0.3 is 5.32 Å². The summed E-state index contributed by atoms with van der Waals surface area (Å²) in [6, 6.07) is 14.8. The normalized spacial score (nSPS) is 10.8. The first-order chi connectivity index (χ1) is 10.7. The molecule has 0 aliphatic rings. The van der Waals surface area contributed by atoms with Crippen LogP contribution in [0.25, 0.3) is 10.9 Å². The van der Waals surface area contributed by atoms with E-state index in [0.29, 0.717) is 29.3 Å². The molecule has 0 saturated carbocycles. The van der Waals surface area contributed by atoms with Gasteiger partial charge in [0.2, 0.25) is 0 Å². The van der Waals surface area contributed by atoms with Crippen LogP contribution in [0.1, 0.15) is 0 Å². The third-order valence-corrected chi connectivity index (χ3v) is 3.53. The lowest BCUT2D eigenvalue weighted by Gasteiger charge is -2.10. The van der Waals surface area contributed by atoms with Crippen LogP contribution in [-0.4, -0.2) is 16.2 Å². The molecule has 2 N–H and O–H groups in total. The molecule has 0 amide bonds. The molecule has 1 aromatic heterocycles. The molecule has 5 nitrogen and oxygen atoms in total. The van der Waals surface area contributed by atoms with E-state index in [0.717, 1.165) is 5.69 Å². The van der Waals surface area contributed by atoms with Crippen molar-refractivity contribution in [3.8, 4) is 0 Å². The fraction of sp³-hybridized carbons (Fsp3) is 0.125. The first kappa shape index (κ1) is 14.6. The lowest BCUT2D eigenvalue weighted by molar-refractivity contribution is 0.561. The topological polar surface area (TPSA) is 59.0 Å². The van der Waals surface area contributed by atoms with Gasteiger partial charge in [-0.1, -0.05) is 23.7 Å². The molecule has 6 heteroatoms. The standard InChI is InChI=1S/C16H15ClN4O/c17-12-5-7-13(8-6-12)19-9-18-10-21-11-20-15-4-2-1-3-14(15)16(21)22/h1-8,11,18-19H,9-10H2. The SMILES string of the molecule is O=c1c2ccccc2ncn1CNCNc1ccc(Cl)cc1. The lowest BCUT2D eigenvalue weighted by Crippen LogP contribution is -2.31. The summed E-state index contributed by atoms with van der Waals surface area (Å²) in [7, 11) is 0. The Labute approximate surface area is 132 Å². The van der Waals surface area contributed by atoms with E-state index in [2.05, 4.69) is 15.6 Å². The Bertz CT molecular complexity index is 829. The Kier molecular flexibility index (Phi) is 4.37. The molecule has 3 aromatic rings. The van der Waals surface area contributed by atoms with Gasteiger partial charge in [-0.3, -0.25) is 14.7 Å². The van der Waals surface area contributed by atoms with Crippen LogP contribution in [0.5, 0.6) is 0 Å². The first-order valence-electron chi connectivity index (χ1n) is 6.88. The van der Waals surface area contributed by atoms with Gasteiger partial charge in [0.05, 0.1) is 30.6 Å². The molecule has 112 valence electrons. The summed E-state index contributed by atoms with van der Waals surface area (Å²) in [5.74, 6) is 0. The number of para-hydroxylation sites is 1. The van der Waals surface area contributed by atoms with Crippen LogP contribution in [-0.2, 0) is 6.67 Å². The number of benzene rings is 2. The number of nitrogens with one attached hydrogen (secondary N) is 2. The Morgan fingerprint density at radius 2 is 1.86 bits per heavy atom. The van der Waals surface area contributed by atoms with Crippen LogP contribution in [0.3, 0.4) is 0 Å². The number of anilines is 1. The fourth-order valence-corrected chi connectivity index (χ4v) is 2.25. The summed E-state index contributed by atoms with van der Waals surface area (Å²) in [6.07, 6.45) is 1.56. The maximum atomic E-state index is 12.3. The average Bonchev–Trinajstić information content (AvgIpc) is 2.55. The lowest BCUT2D eigenvalue weighted by atomic mass is 10.2. The summed E-state index contributed by atoms with van der Waals surface area (Å²) in [6.45, 7) is 0.915. The molecule has 0 aliphatic heterocycles. The average molecular weight is 315 g/mol. The van der Waals surface area contributed by atoms with Crippen molar-refractivity contribution in [2.45, 2.75) is 6.67 Å². The van der Waals surface area contributed by atoms with E-state index < -0.39 is 0 Å². The van der Waals surface area contributed by atoms with Gasteiger partial charge in [-0.05, 0) is 36.4 Å². The molecule has 0 radical (unpaired) electrons. The van der Waals surface area contributed by atoms with Crippen molar-refractivity contribution in [2.75, 3.05) is 12.0 Å². The predicted octanol–water partition coefficient (Wildman–Crippen LogP) is 2.67. The highest BCUT2D eigenvalue weighted by molar-refractivity contribution is 6.30. The Morgan fingerprint density at radius 1 is 1.09 bits per heavy atom. The molecule has 1 heterocycles. The van der Waals surface area contributed by atoms with Crippen LogP contribution in [0.4, 0.5) is 5.69 Å². The molecule has 0 unspecified atom stereocenters. The Balaban J connectivity index is 1.61. The van der Waals surface area contributed by atoms with Gasteiger partial charge in [0.1, 0.15) is 0 Å². The number of hydrogen-bond acceptors (Lipinski definition) is 4. The van der Waals surface area contributed by atoms with Gasteiger partial charge in [0.15, 0.2) is 0 Å². The summed E-state index contributed by atoms with van der Waals surface area (Å²) in [5.41, 5.74) is 1.62. The first-order valence-corrected chi connectivity index (χ1v) is 7.26. The van der Waals surface area contributed by atoms with E-state index >= 15 is 0 Å². The molecule has 3 rings (SSSR count). The minimum atomic E-state index is -0.0513. The molecular weight excluding hydrogens is 300 g/mol. The largest absolute Gasteiger partial charge is 0.372 e. The number of rotatable bonds is 5. The number of fused-ring (bicyclic) bond motifs is 1. The van der Waals surface area contributed by atoms with Crippen LogP contribution in [0.2, 0.25) is 5.02 Å². The maximum Gasteiger partial charge on any atom is 0.262 e. The van der Waals surface area contributed by atoms with E-state index in [4.69, 9.17) is 11.6 Å². The second-order valence-corrected chi connectivity index (χ2v) is 5.24. The van der Waals surface area contributed by atoms with Gasteiger partial charge in [0.25, 0.3) is 5.56 Å². The van der Waals surface area contributed by atoms with Crippen molar-refractivity contribution in [3.05, 3.63) is 70.2 Å². The molecule has 0 atom stereocenters. The second-order valence-electron chi connectivity index (χ2n) is 4.81. The third kappa shape index (κ3) is 3.27. The molecule has 0 aliphatic carbocycles. The quantitative estimate of drug-likeness (QED) is 0.561. The van der Waals surface area contributed by atoms with Gasteiger partial charge in [-0.15, -0.1) is 0 Å². The molecule has 2 aromatic carbocycles. The van der Waals surface area contributed by atoms with E-state index in [1.807, 2.05) is 42.5 Å². The van der Waals surface area contributed by atoms with Gasteiger partial charge in [0, 0.05) is 10.7 Å². The minimum Gasteiger partial charge on any atom is -0.372 e. The smallest absolute Gasteiger partial charge is 0.262 e. The van der Waals surface area contributed by atoms with E-state index in [1.165, 1.54) is 0 Å². The van der Waals surface area contributed by atoms with Crippen LogP contribution >= 0.6 is 11.6 Å². The number of hydrogen-bond donors (Lipinski definition) is 2. The highest BCUT2D eigenvalue weighted by atomic mass is 35.5. The van der Waals surface area contributed by atoms with Crippen molar-refractivity contribution in [1.29, 1.82) is 0 Å². The zero-order valence-corrected chi connectivity index (χ0v) is 12.5. The van der Waals surface area contributed by atoms with Gasteiger partial charge in [-0.25, -0.2) is 4.98 Å². The van der Waals surface area contributed by atoms with Crippen LogP contribution in [0, 0.1) is 0 Å². The fourth-order valence-electron chi connectivity index (χ4n) is 2.13. The van der Waals surface area contributed by atoms with Crippen molar-refractivity contribution in [2.24, 2.45) is 0 Å². The third-order valence-electron chi connectivity index (χ3n) is 3.28. The number of aromatic nitrogens is 2. The Hall–Kier alpha value is -2.37. The van der Waals surface area contributed by atoms with Crippen molar-refractivity contribution >= 4 is 28.2 Å². The zero-order chi connectivity index (χ0) is 15.4. The van der Waals surface area contributed by atoms with Crippen LogP contribution in [0.15, 0.2) is 59.7 Å². The van der Waals surface area contributed by atoms with Gasteiger partial charge >= 0.3 is 0 Å². The molecule has 0 spiro atoms. The van der Waals surface area contributed by atoms with E-state index in [-0.39, 0.29) is 5.56 Å². The monoisotopic (exact) mass is 314 g/mol. The summed E-state index contributed by atoms with van der Waals surface area (Å²) >= 11 is 5.83. The zero-order valence-electron chi connectivity index (χ0n) is 11.8. The summed E-state index contributed by atoms with van der Waals surface area (Å²) in [4.78, 5) is 16.6.